The van der Waals surface area contributed by atoms with Gasteiger partial charge in [0.1, 0.15) is 13.2 Å². The Kier molecular flexibility index (Phi) is 19.3. The lowest BCUT2D eigenvalue weighted by Crippen LogP contribution is -2.60. The van der Waals surface area contributed by atoms with Gasteiger partial charge in [-0.25, -0.2) is 49.6 Å². The second-order valence-electron chi connectivity index (χ2n) is 15.2. The van der Waals surface area contributed by atoms with Gasteiger partial charge in [-0.15, -0.1) is 0 Å². The van der Waals surface area contributed by atoms with Crippen LogP contribution in [0.1, 0.15) is 65.7 Å². The third-order valence-electron chi connectivity index (χ3n) is 11.4. The Labute approximate surface area is 351 Å². The van der Waals surface area contributed by atoms with Gasteiger partial charge in [0.25, 0.3) is 17.5 Å². The number of rotatable bonds is 15. The SMILES string of the molecule is C.CC(F)(C(F)(F)F)C(F)(F)COCC1CCN(S(=O)(=O)C2(C(=O)NO)CCOCC2)CC1.O=C(NO)C1(S(=O)(=O)N2CCC(COCC(F)(F)C(F)(F)F)CC2)CCOCC1. The fourth-order valence-corrected chi connectivity index (χ4v) is 11.4. The molecule has 0 radical (unpaired) electrons. The first-order valence-electron chi connectivity index (χ1n) is 18.8. The van der Waals surface area contributed by atoms with Gasteiger partial charge in [0, 0.05) is 91.5 Å². The molecule has 1 atom stereocenters. The first-order valence-corrected chi connectivity index (χ1v) is 21.6. The lowest BCUT2D eigenvalue weighted by molar-refractivity contribution is -0.304. The molecule has 1 unspecified atom stereocenters. The maximum Gasteiger partial charge on any atom is 0.455 e. The molecule has 4 N–H and O–H groups in total. The van der Waals surface area contributed by atoms with Crippen LogP contribution >= 0.6 is 0 Å². The summed E-state index contributed by atoms with van der Waals surface area (Å²) in [5, 5.41) is 18.0. The number of carbonyl (C=O) groups is 2. The van der Waals surface area contributed by atoms with Gasteiger partial charge in [0.15, 0.2) is 9.49 Å². The quantitative estimate of drug-likeness (QED) is 0.105. The highest BCUT2D eigenvalue weighted by molar-refractivity contribution is 7.91. The molecule has 0 aliphatic carbocycles. The van der Waals surface area contributed by atoms with Crippen LogP contribution in [0, 0.1) is 11.8 Å². The van der Waals surface area contributed by atoms with E-state index in [1.54, 1.807) is 0 Å². The van der Waals surface area contributed by atoms with E-state index in [0.29, 0.717) is 0 Å². The summed E-state index contributed by atoms with van der Waals surface area (Å²) in [6.07, 6.45) is -11.5. The summed E-state index contributed by atoms with van der Waals surface area (Å²) in [7, 11) is -8.39. The van der Waals surface area contributed by atoms with Crippen molar-refractivity contribution < 1.29 is 104 Å². The number of hydroxylamine groups is 2. The van der Waals surface area contributed by atoms with Gasteiger partial charge in [-0.1, -0.05) is 7.43 Å². The molecule has 4 heterocycles. The molecule has 0 aromatic carbocycles. The van der Waals surface area contributed by atoms with E-state index in [9.17, 15) is 74.7 Å². The van der Waals surface area contributed by atoms with Crippen molar-refractivity contribution in [3.63, 3.8) is 0 Å². The van der Waals surface area contributed by atoms with Crippen LogP contribution in [-0.2, 0) is 48.6 Å². The Morgan fingerprint density at radius 3 is 1.19 bits per heavy atom. The number of nitrogens with zero attached hydrogens (tertiary/aromatic N) is 2. The molecule has 2 amide bonds. The molecule has 4 rings (SSSR count). The standard InChI is InChI=1S/C17H26F6N2O6S.C15H23F5N2O6S.CH4/c1-14(18,17(21,22)23)16(19,20)11-31-10-12-2-6-25(7-3-12)32(28,29)15(13(26)24-27)4-8-30-9-5-15;16-14(17,15(18,19)20)10-28-9-11-1-5-22(6-2-11)29(25,26)13(12(23)21-24)3-7-27-8-4-13;/h12,27H,2-11H2,1H3,(H,24,26);11,24H,1-10H2,(H,21,23);1H4. The molecule has 0 saturated carbocycles. The number of ether oxygens (including phenoxy) is 4. The number of hydrogen-bond acceptors (Lipinski definition) is 12. The molecule has 62 heavy (non-hydrogen) atoms. The maximum atomic E-state index is 13.7. The average Bonchev–Trinajstić information content (AvgIpc) is 3.20. The topological polar surface area (TPSA) is 210 Å². The van der Waals surface area contributed by atoms with Gasteiger partial charge >= 0.3 is 24.2 Å². The van der Waals surface area contributed by atoms with E-state index in [4.69, 9.17) is 19.9 Å². The van der Waals surface area contributed by atoms with Gasteiger partial charge in [0.05, 0.1) is 0 Å². The molecule has 29 heteroatoms. The highest BCUT2D eigenvalue weighted by Crippen LogP contribution is 2.45. The van der Waals surface area contributed by atoms with Crippen LogP contribution in [0.5, 0.6) is 0 Å². The Morgan fingerprint density at radius 1 is 0.613 bits per heavy atom. The van der Waals surface area contributed by atoms with Crippen molar-refractivity contribution in [3.05, 3.63) is 0 Å². The summed E-state index contributed by atoms with van der Waals surface area (Å²) in [5.41, 5.74) is -1.97. The summed E-state index contributed by atoms with van der Waals surface area (Å²) in [4.78, 5) is 24.4. The van der Waals surface area contributed by atoms with Gasteiger partial charge in [0.2, 0.25) is 20.0 Å². The largest absolute Gasteiger partial charge is 0.455 e. The molecule has 0 bridgehead atoms. The third kappa shape index (κ3) is 12.0. The molecule has 0 aromatic rings. The van der Waals surface area contributed by atoms with Crippen LogP contribution in [0.4, 0.5) is 48.3 Å². The van der Waals surface area contributed by atoms with Crippen molar-refractivity contribution in [2.24, 2.45) is 11.8 Å². The summed E-state index contributed by atoms with van der Waals surface area (Å²) < 4.78 is 211. The monoisotopic (exact) mass is 970 g/mol. The summed E-state index contributed by atoms with van der Waals surface area (Å²) >= 11 is 0. The lowest BCUT2D eigenvalue weighted by atomic mass is 9.98. The number of sulfonamides is 2. The van der Waals surface area contributed by atoms with E-state index in [0.717, 1.165) is 8.61 Å². The Morgan fingerprint density at radius 2 is 0.919 bits per heavy atom. The molecule has 4 fully saturated rings. The zero-order valence-corrected chi connectivity index (χ0v) is 34.3. The number of halogens is 11. The number of hydrogen-bond donors (Lipinski definition) is 4. The van der Waals surface area contributed by atoms with Crippen molar-refractivity contribution in [2.75, 3.05) is 79.0 Å². The fraction of sp³-hybridized carbons (Fsp3) is 0.939. The minimum Gasteiger partial charge on any atom is -0.381 e. The average molecular weight is 971 g/mol. The zero-order chi connectivity index (χ0) is 46.3. The van der Waals surface area contributed by atoms with Crippen LogP contribution in [0.2, 0.25) is 0 Å². The van der Waals surface area contributed by atoms with Gasteiger partial charge < -0.3 is 18.9 Å². The lowest BCUT2D eigenvalue weighted by Gasteiger charge is -2.40. The molecule has 4 saturated heterocycles. The third-order valence-corrected chi connectivity index (χ3v) is 16.6. The van der Waals surface area contributed by atoms with E-state index in [1.807, 2.05) is 0 Å². The molecule has 366 valence electrons. The van der Waals surface area contributed by atoms with Gasteiger partial charge in [-0.05, 0) is 44.4 Å². The molecule has 16 nitrogen and oxygen atoms in total. The first-order chi connectivity index (χ1) is 28.0. The number of amides is 2. The summed E-state index contributed by atoms with van der Waals surface area (Å²) in [6, 6.07) is 0. The number of carbonyl (C=O) groups excluding carboxylic acids is 2. The molecule has 0 aromatic heterocycles. The van der Waals surface area contributed by atoms with Crippen molar-refractivity contribution in [1.82, 2.24) is 19.6 Å². The maximum absolute atomic E-state index is 13.7. The molecular formula is C33H53F11N4O12S2. The normalized spacial score (nSPS) is 22.6. The summed E-state index contributed by atoms with van der Waals surface area (Å²) in [5.74, 6) is -12.7. The Hall–Kier alpha value is -2.25. The fourth-order valence-electron chi connectivity index (χ4n) is 7.07. The van der Waals surface area contributed by atoms with E-state index < -0.39 is 103 Å². The van der Waals surface area contributed by atoms with Gasteiger partial charge in [-0.3, -0.25) is 20.0 Å². The number of alkyl halides is 11. The zero-order valence-electron chi connectivity index (χ0n) is 32.6. The molecule has 0 spiro atoms. The van der Waals surface area contributed by atoms with Gasteiger partial charge in [-0.2, -0.15) is 35.1 Å². The van der Waals surface area contributed by atoms with Crippen molar-refractivity contribution in [3.8, 4) is 0 Å². The van der Waals surface area contributed by atoms with Crippen LogP contribution in [0.15, 0.2) is 0 Å². The Balaban J connectivity index is 0.000000422. The second-order valence-corrected chi connectivity index (χ2v) is 19.7. The predicted octanol–water partition coefficient (Wildman–Crippen LogP) is 3.96. The molecule has 4 aliphatic rings. The van der Waals surface area contributed by atoms with Crippen LogP contribution in [0.25, 0.3) is 0 Å². The highest BCUT2D eigenvalue weighted by atomic mass is 32.2. The van der Waals surface area contributed by atoms with Crippen LogP contribution in [0.3, 0.4) is 0 Å². The van der Waals surface area contributed by atoms with Crippen molar-refractivity contribution in [2.45, 2.75) is 105 Å². The van der Waals surface area contributed by atoms with E-state index in [1.165, 1.54) is 11.0 Å². The second kappa shape index (κ2) is 21.4. The van der Waals surface area contributed by atoms with Crippen LogP contribution in [-0.4, -0.2) is 166 Å². The minimum absolute atomic E-state index is 0. The number of nitrogens with one attached hydrogen (secondary N) is 2. The predicted molar refractivity (Wildman–Crippen MR) is 192 cm³/mol. The Bertz CT molecular complexity index is 1680. The summed E-state index contributed by atoms with van der Waals surface area (Å²) in [6.45, 7) is -4.85. The minimum atomic E-state index is -5.78. The van der Waals surface area contributed by atoms with E-state index in [2.05, 4.69) is 9.47 Å². The van der Waals surface area contributed by atoms with E-state index >= 15 is 0 Å². The van der Waals surface area contributed by atoms with Crippen molar-refractivity contribution >= 4 is 31.9 Å². The molecule has 4 aliphatic heterocycles. The number of piperidine rings is 2. The smallest absolute Gasteiger partial charge is 0.381 e. The van der Waals surface area contributed by atoms with Crippen molar-refractivity contribution in [1.29, 1.82) is 0 Å². The molecular weight excluding hydrogens is 917 g/mol. The first kappa shape index (κ1) is 55.9. The highest BCUT2D eigenvalue weighted by Gasteiger charge is 2.68. The van der Waals surface area contributed by atoms with E-state index in [-0.39, 0.29) is 125 Å². The van der Waals surface area contributed by atoms with Crippen LogP contribution < -0.4 is 11.0 Å².